The number of aromatic nitrogens is 2. The minimum Gasteiger partial charge on any atom is -0.349 e. The summed E-state index contributed by atoms with van der Waals surface area (Å²) in [6, 6.07) is 8.06. The van der Waals surface area contributed by atoms with Crippen LogP contribution in [0.4, 0.5) is 8.78 Å². The lowest BCUT2D eigenvalue weighted by atomic mass is 10.0. The number of rotatable bonds is 3. The van der Waals surface area contributed by atoms with Crippen molar-refractivity contribution in [3.05, 3.63) is 70.5 Å². The van der Waals surface area contributed by atoms with Crippen molar-refractivity contribution in [2.75, 3.05) is 13.1 Å². The van der Waals surface area contributed by atoms with Crippen LogP contribution in [0.25, 0.3) is 11.0 Å². The fourth-order valence-corrected chi connectivity index (χ4v) is 3.70. The van der Waals surface area contributed by atoms with Crippen molar-refractivity contribution < 1.29 is 18.4 Å². The lowest BCUT2D eigenvalue weighted by molar-refractivity contribution is 0.0693. The number of hydrogen-bond donors (Lipinski definition) is 1. The number of carbonyl (C=O) groups is 2. The van der Waals surface area contributed by atoms with Crippen LogP contribution < -0.4 is 5.32 Å². The summed E-state index contributed by atoms with van der Waals surface area (Å²) in [5.74, 6) is -2.27. The Hall–Kier alpha value is -3.42. The van der Waals surface area contributed by atoms with Crippen molar-refractivity contribution in [1.82, 2.24) is 20.2 Å². The third-order valence-corrected chi connectivity index (χ3v) is 5.62. The summed E-state index contributed by atoms with van der Waals surface area (Å²) in [6.07, 6.45) is 1.10. The number of benzene rings is 2. The minimum absolute atomic E-state index is 0.101. The van der Waals surface area contributed by atoms with Gasteiger partial charge in [-0.25, -0.2) is 18.7 Å². The Morgan fingerprint density at radius 2 is 1.65 bits per heavy atom. The zero-order chi connectivity index (χ0) is 22.1. The molecule has 160 valence electrons. The fourth-order valence-electron chi connectivity index (χ4n) is 3.70. The standard InChI is InChI=1S/C23H22F2N4O2/c1-13-14(2)27-21-11-15(3-6-20(21)26-13)22(30)28-17-7-9-29(10-8-17)23(31)18-5-4-16(24)12-19(18)25/h3-6,11-12,17H,7-10H2,1-2H3,(H,28,30). The molecule has 1 N–H and O–H groups in total. The highest BCUT2D eigenvalue weighted by Crippen LogP contribution is 2.18. The van der Waals surface area contributed by atoms with Gasteiger partial charge in [-0.05, 0) is 57.0 Å². The van der Waals surface area contributed by atoms with Gasteiger partial charge in [0.05, 0.1) is 28.0 Å². The molecule has 1 aromatic heterocycles. The van der Waals surface area contributed by atoms with Crippen molar-refractivity contribution >= 4 is 22.8 Å². The lowest BCUT2D eigenvalue weighted by Gasteiger charge is -2.32. The maximum atomic E-state index is 13.9. The first-order valence-corrected chi connectivity index (χ1v) is 10.1. The molecule has 6 nitrogen and oxygen atoms in total. The number of carbonyl (C=O) groups excluding carboxylic acids is 2. The van der Waals surface area contributed by atoms with E-state index in [1.165, 1.54) is 4.90 Å². The molecule has 4 rings (SSSR count). The summed E-state index contributed by atoms with van der Waals surface area (Å²) < 4.78 is 27.0. The summed E-state index contributed by atoms with van der Waals surface area (Å²) in [6.45, 7) is 4.52. The minimum atomic E-state index is -0.870. The van der Waals surface area contributed by atoms with E-state index in [-0.39, 0.29) is 17.5 Å². The molecule has 1 aliphatic heterocycles. The van der Waals surface area contributed by atoms with Crippen molar-refractivity contribution in [3.8, 4) is 0 Å². The topological polar surface area (TPSA) is 75.2 Å². The largest absolute Gasteiger partial charge is 0.349 e. The van der Waals surface area contributed by atoms with Gasteiger partial charge in [0, 0.05) is 30.8 Å². The maximum Gasteiger partial charge on any atom is 0.256 e. The average Bonchev–Trinajstić information content (AvgIpc) is 2.74. The number of aryl methyl sites for hydroxylation is 2. The van der Waals surface area contributed by atoms with Crippen LogP contribution in [-0.2, 0) is 0 Å². The van der Waals surface area contributed by atoms with E-state index in [0.29, 0.717) is 43.1 Å². The van der Waals surface area contributed by atoms with E-state index in [4.69, 9.17) is 0 Å². The summed E-state index contributed by atoms with van der Waals surface area (Å²) in [5, 5.41) is 3.00. The van der Waals surface area contributed by atoms with Gasteiger partial charge < -0.3 is 10.2 Å². The zero-order valence-electron chi connectivity index (χ0n) is 17.3. The highest BCUT2D eigenvalue weighted by molar-refractivity contribution is 5.97. The van der Waals surface area contributed by atoms with Gasteiger partial charge in [-0.1, -0.05) is 0 Å². The molecule has 0 aliphatic carbocycles. The number of nitrogens with zero attached hydrogens (tertiary/aromatic N) is 3. The number of likely N-dealkylation sites (tertiary alicyclic amines) is 1. The summed E-state index contributed by atoms with van der Waals surface area (Å²) in [7, 11) is 0. The van der Waals surface area contributed by atoms with Gasteiger partial charge >= 0.3 is 0 Å². The number of amides is 2. The van der Waals surface area contributed by atoms with Gasteiger partial charge in [0.2, 0.25) is 0 Å². The first kappa shape index (κ1) is 20.8. The average molecular weight is 424 g/mol. The van der Waals surface area contributed by atoms with Crippen LogP contribution in [-0.4, -0.2) is 45.8 Å². The van der Waals surface area contributed by atoms with Crippen LogP contribution in [0.2, 0.25) is 0 Å². The predicted molar refractivity (Wildman–Crippen MR) is 112 cm³/mol. The highest BCUT2D eigenvalue weighted by Gasteiger charge is 2.26. The number of fused-ring (bicyclic) bond motifs is 1. The van der Waals surface area contributed by atoms with E-state index in [1.807, 2.05) is 13.8 Å². The quantitative estimate of drug-likeness (QED) is 0.698. The Morgan fingerprint density at radius 1 is 0.968 bits per heavy atom. The van der Waals surface area contributed by atoms with E-state index < -0.39 is 17.5 Å². The summed E-state index contributed by atoms with van der Waals surface area (Å²) in [5.41, 5.74) is 3.42. The van der Waals surface area contributed by atoms with Crippen molar-refractivity contribution in [1.29, 1.82) is 0 Å². The molecule has 3 aromatic rings. The molecule has 2 heterocycles. The Kier molecular flexibility index (Phi) is 5.63. The van der Waals surface area contributed by atoms with Gasteiger partial charge in [-0.3, -0.25) is 9.59 Å². The van der Waals surface area contributed by atoms with Gasteiger partial charge in [0.15, 0.2) is 0 Å². The predicted octanol–water partition coefficient (Wildman–Crippen LogP) is 3.56. The fraction of sp³-hybridized carbons (Fsp3) is 0.304. The van der Waals surface area contributed by atoms with Crippen LogP contribution in [0, 0.1) is 25.5 Å². The molecule has 2 aromatic carbocycles. The van der Waals surface area contributed by atoms with Crippen LogP contribution in [0.1, 0.15) is 44.9 Å². The van der Waals surface area contributed by atoms with Crippen molar-refractivity contribution in [2.24, 2.45) is 0 Å². The van der Waals surface area contributed by atoms with Crippen LogP contribution >= 0.6 is 0 Å². The highest BCUT2D eigenvalue weighted by atomic mass is 19.1. The van der Waals surface area contributed by atoms with Gasteiger partial charge in [0.1, 0.15) is 11.6 Å². The Morgan fingerprint density at radius 3 is 2.32 bits per heavy atom. The molecule has 0 atom stereocenters. The molecular formula is C23H22F2N4O2. The van der Waals surface area contributed by atoms with E-state index in [9.17, 15) is 18.4 Å². The zero-order valence-corrected chi connectivity index (χ0v) is 17.3. The second kappa shape index (κ2) is 8.37. The second-order valence-corrected chi connectivity index (χ2v) is 7.76. The second-order valence-electron chi connectivity index (χ2n) is 7.76. The molecule has 1 saturated heterocycles. The van der Waals surface area contributed by atoms with Gasteiger partial charge in [-0.2, -0.15) is 0 Å². The monoisotopic (exact) mass is 424 g/mol. The van der Waals surface area contributed by atoms with Crippen LogP contribution in [0.5, 0.6) is 0 Å². The molecule has 0 bridgehead atoms. The third kappa shape index (κ3) is 4.38. The third-order valence-electron chi connectivity index (χ3n) is 5.62. The van der Waals surface area contributed by atoms with E-state index in [0.717, 1.165) is 29.0 Å². The van der Waals surface area contributed by atoms with E-state index in [1.54, 1.807) is 18.2 Å². The Bertz CT molecular complexity index is 1170. The maximum absolute atomic E-state index is 13.9. The van der Waals surface area contributed by atoms with Gasteiger partial charge in [0.25, 0.3) is 11.8 Å². The smallest absolute Gasteiger partial charge is 0.256 e. The van der Waals surface area contributed by atoms with E-state index in [2.05, 4.69) is 15.3 Å². The molecule has 1 fully saturated rings. The lowest BCUT2D eigenvalue weighted by Crippen LogP contribution is -2.46. The molecule has 0 saturated carbocycles. The number of halogens is 2. The number of nitrogens with one attached hydrogen (secondary N) is 1. The normalized spacial score (nSPS) is 14.6. The SMILES string of the molecule is Cc1nc2ccc(C(=O)NC3CCN(C(=O)c4ccc(F)cc4F)CC3)cc2nc1C. The Labute approximate surface area is 178 Å². The molecule has 31 heavy (non-hydrogen) atoms. The van der Waals surface area contributed by atoms with Crippen LogP contribution in [0.15, 0.2) is 36.4 Å². The molecule has 8 heteroatoms. The summed E-state index contributed by atoms with van der Waals surface area (Å²) in [4.78, 5) is 35.7. The molecular weight excluding hydrogens is 402 g/mol. The molecule has 2 amide bonds. The first-order valence-electron chi connectivity index (χ1n) is 10.1. The first-order chi connectivity index (χ1) is 14.8. The Balaban J connectivity index is 1.38. The number of hydrogen-bond acceptors (Lipinski definition) is 4. The van der Waals surface area contributed by atoms with E-state index >= 15 is 0 Å². The molecule has 1 aliphatic rings. The molecule has 0 spiro atoms. The van der Waals surface area contributed by atoms with Crippen molar-refractivity contribution in [2.45, 2.75) is 32.7 Å². The summed E-state index contributed by atoms with van der Waals surface area (Å²) >= 11 is 0. The number of piperidine rings is 1. The molecule has 0 radical (unpaired) electrons. The van der Waals surface area contributed by atoms with Crippen LogP contribution in [0.3, 0.4) is 0 Å². The van der Waals surface area contributed by atoms with Crippen molar-refractivity contribution in [3.63, 3.8) is 0 Å². The van der Waals surface area contributed by atoms with Gasteiger partial charge in [-0.15, -0.1) is 0 Å². The molecule has 0 unspecified atom stereocenters.